The Balaban J connectivity index is 2.39. The van der Waals surface area contributed by atoms with Crippen LogP contribution < -0.4 is 0 Å². The lowest BCUT2D eigenvalue weighted by molar-refractivity contribution is 0.246. The third-order valence-corrected chi connectivity index (χ3v) is 3.21. The highest BCUT2D eigenvalue weighted by molar-refractivity contribution is 6.42. The minimum absolute atomic E-state index is 0.178. The quantitative estimate of drug-likeness (QED) is 0.865. The molecule has 1 heterocycles. The molecule has 0 fully saturated rings. The zero-order valence-electron chi connectivity index (χ0n) is 9.73. The van der Waals surface area contributed by atoms with Gasteiger partial charge in [0, 0.05) is 0 Å². The largest absolute Gasteiger partial charge is 0.459 e. The molecular weight excluding hydrogens is 285 g/mol. The molecule has 0 bridgehead atoms. The van der Waals surface area contributed by atoms with E-state index in [0.717, 1.165) is 0 Å². The van der Waals surface area contributed by atoms with E-state index in [1.165, 1.54) is 0 Å². The van der Waals surface area contributed by atoms with Crippen molar-refractivity contribution >= 4 is 34.9 Å². The monoisotopic (exact) mass is 293 g/mol. The van der Waals surface area contributed by atoms with Gasteiger partial charge in [-0.1, -0.05) is 29.3 Å². The number of aliphatic hydroxyl groups excluding tert-OH is 1. The number of rotatable bonds is 3. The summed E-state index contributed by atoms with van der Waals surface area (Å²) in [6.07, 6.45) is 1.58. The first-order chi connectivity index (χ1) is 9.13. The van der Waals surface area contributed by atoms with Gasteiger partial charge in [-0.2, -0.15) is 5.26 Å². The van der Waals surface area contributed by atoms with Crippen molar-refractivity contribution in [1.82, 2.24) is 0 Å². The summed E-state index contributed by atoms with van der Waals surface area (Å²) in [4.78, 5) is 0. The maximum atomic E-state index is 9.18. The Labute approximate surface area is 120 Å². The molecule has 0 unspecified atom stereocenters. The topological polar surface area (TPSA) is 57.2 Å². The van der Waals surface area contributed by atoms with E-state index in [1.54, 1.807) is 36.4 Å². The van der Waals surface area contributed by atoms with Gasteiger partial charge in [0.15, 0.2) is 0 Å². The van der Waals surface area contributed by atoms with Crippen LogP contribution in [0.5, 0.6) is 0 Å². The maximum Gasteiger partial charge on any atom is 0.130 e. The molecule has 0 saturated carbocycles. The lowest BCUT2D eigenvalue weighted by atomic mass is 10.1. The van der Waals surface area contributed by atoms with Gasteiger partial charge in [0.1, 0.15) is 18.1 Å². The summed E-state index contributed by atoms with van der Waals surface area (Å²) < 4.78 is 5.30. The molecule has 1 aromatic heterocycles. The fourth-order valence-corrected chi connectivity index (χ4v) is 1.84. The number of benzene rings is 1. The van der Waals surface area contributed by atoms with E-state index >= 15 is 0 Å². The van der Waals surface area contributed by atoms with Crippen molar-refractivity contribution in [3.05, 3.63) is 57.5 Å². The fourth-order valence-electron chi connectivity index (χ4n) is 1.54. The normalized spacial score (nSPS) is 11.4. The first kappa shape index (κ1) is 13.7. The molecule has 0 aliphatic carbocycles. The van der Waals surface area contributed by atoms with Crippen LogP contribution in [0.1, 0.15) is 17.1 Å². The molecule has 1 N–H and O–H groups in total. The molecule has 3 nitrogen and oxygen atoms in total. The molecule has 0 amide bonds. The summed E-state index contributed by atoms with van der Waals surface area (Å²) in [6, 6.07) is 10.4. The number of allylic oxidation sites excluding steroid dienone is 1. The number of halogens is 2. The second kappa shape index (κ2) is 5.94. The van der Waals surface area contributed by atoms with Gasteiger partial charge in [-0.3, -0.25) is 0 Å². The van der Waals surface area contributed by atoms with Gasteiger partial charge >= 0.3 is 0 Å². The number of nitriles is 1. The first-order valence-electron chi connectivity index (χ1n) is 5.41. The molecule has 1 aromatic carbocycles. The second-order valence-electron chi connectivity index (χ2n) is 3.76. The molecule has 5 heteroatoms. The maximum absolute atomic E-state index is 9.18. The third-order valence-electron chi connectivity index (χ3n) is 2.48. The van der Waals surface area contributed by atoms with Gasteiger partial charge in [0.05, 0.1) is 21.7 Å². The summed E-state index contributed by atoms with van der Waals surface area (Å²) in [5.41, 5.74) is 1.05. The lowest BCUT2D eigenvalue weighted by Gasteiger charge is -2.01. The van der Waals surface area contributed by atoms with Crippen LogP contribution in [0.4, 0.5) is 0 Å². The molecule has 0 radical (unpaired) electrons. The number of hydrogen-bond donors (Lipinski definition) is 1. The Morgan fingerprint density at radius 1 is 1.26 bits per heavy atom. The van der Waals surface area contributed by atoms with Crippen LogP contribution in [0.25, 0.3) is 11.6 Å². The van der Waals surface area contributed by atoms with Crippen LogP contribution in [-0.4, -0.2) is 5.11 Å². The Morgan fingerprint density at radius 2 is 2.05 bits per heavy atom. The van der Waals surface area contributed by atoms with Crippen molar-refractivity contribution in [3.63, 3.8) is 0 Å². The molecular formula is C14H9Cl2NO2. The van der Waals surface area contributed by atoms with E-state index in [2.05, 4.69) is 6.07 Å². The van der Waals surface area contributed by atoms with Crippen molar-refractivity contribution in [1.29, 1.82) is 5.26 Å². The van der Waals surface area contributed by atoms with E-state index in [9.17, 15) is 5.26 Å². The van der Waals surface area contributed by atoms with Gasteiger partial charge < -0.3 is 9.52 Å². The van der Waals surface area contributed by atoms with Crippen molar-refractivity contribution < 1.29 is 9.52 Å². The SMILES string of the molecule is N#C/C(=C\c1ccc(CO)o1)c1ccc(Cl)c(Cl)c1. The number of furan rings is 1. The molecule has 0 aliphatic heterocycles. The molecule has 2 aromatic rings. The summed E-state index contributed by atoms with van der Waals surface area (Å²) in [6.45, 7) is -0.178. The molecule has 0 saturated heterocycles. The highest BCUT2D eigenvalue weighted by atomic mass is 35.5. The lowest BCUT2D eigenvalue weighted by Crippen LogP contribution is -1.82. The predicted molar refractivity (Wildman–Crippen MR) is 74.6 cm³/mol. The minimum atomic E-state index is -0.178. The van der Waals surface area contributed by atoms with Crippen LogP contribution in [0.3, 0.4) is 0 Å². The molecule has 2 rings (SSSR count). The van der Waals surface area contributed by atoms with Gasteiger partial charge in [-0.05, 0) is 35.9 Å². The van der Waals surface area contributed by atoms with Crippen LogP contribution in [0.15, 0.2) is 34.7 Å². The smallest absolute Gasteiger partial charge is 0.130 e. The highest BCUT2D eigenvalue weighted by Crippen LogP contribution is 2.27. The molecule has 96 valence electrons. The average molecular weight is 294 g/mol. The number of hydrogen-bond acceptors (Lipinski definition) is 3. The van der Waals surface area contributed by atoms with E-state index in [-0.39, 0.29) is 6.61 Å². The van der Waals surface area contributed by atoms with Gasteiger partial charge in [0.25, 0.3) is 0 Å². The Hall–Kier alpha value is -1.73. The Morgan fingerprint density at radius 3 is 2.63 bits per heavy atom. The summed E-state index contributed by atoms with van der Waals surface area (Å²) >= 11 is 11.7. The van der Waals surface area contributed by atoms with E-state index in [1.807, 2.05) is 0 Å². The fraction of sp³-hybridized carbons (Fsp3) is 0.0714. The number of aliphatic hydroxyl groups is 1. The van der Waals surface area contributed by atoms with E-state index < -0.39 is 0 Å². The Kier molecular flexibility index (Phi) is 4.28. The van der Waals surface area contributed by atoms with Crippen LogP contribution in [0.2, 0.25) is 10.0 Å². The summed E-state index contributed by atoms with van der Waals surface area (Å²) in [5.74, 6) is 0.935. The third kappa shape index (κ3) is 3.18. The standard InChI is InChI=1S/C14H9Cl2NO2/c15-13-4-1-9(6-14(13)16)10(7-17)5-11-2-3-12(8-18)19-11/h1-6,18H,8H2/b10-5+. The molecule has 0 aliphatic rings. The van der Waals surface area contributed by atoms with Gasteiger partial charge in [-0.25, -0.2) is 0 Å². The van der Waals surface area contributed by atoms with Crippen LogP contribution in [-0.2, 0) is 6.61 Å². The predicted octanol–water partition coefficient (Wildman–Crippen LogP) is 4.14. The number of nitrogens with zero attached hydrogens (tertiary/aromatic N) is 1. The van der Waals surface area contributed by atoms with E-state index in [0.29, 0.717) is 32.7 Å². The molecule has 0 spiro atoms. The van der Waals surface area contributed by atoms with Crippen LogP contribution in [0, 0.1) is 11.3 Å². The van der Waals surface area contributed by atoms with Gasteiger partial charge in [-0.15, -0.1) is 0 Å². The average Bonchev–Trinajstić information content (AvgIpc) is 2.87. The molecule has 19 heavy (non-hydrogen) atoms. The highest BCUT2D eigenvalue weighted by Gasteiger charge is 2.06. The second-order valence-corrected chi connectivity index (χ2v) is 4.58. The zero-order valence-corrected chi connectivity index (χ0v) is 11.2. The van der Waals surface area contributed by atoms with Crippen LogP contribution >= 0.6 is 23.2 Å². The van der Waals surface area contributed by atoms with Crippen molar-refractivity contribution in [2.24, 2.45) is 0 Å². The van der Waals surface area contributed by atoms with Crippen molar-refractivity contribution in [3.8, 4) is 6.07 Å². The van der Waals surface area contributed by atoms with Crippen molar-refractivity contribution in [2.75, 3.05) is 0 Å². The molecule has 0 atom stereocenters. The summed E-state index contributed by atoms with van der Waals surface area (Å²) in [7, 11) is 0. The minimum Gasteiger partial charge on any atom is -0.459 e. The first-order valence-corrected chi connectivity index (χ1v) is 6.16. The van der Waals surface area contributed by atoms with Gasteiger partial charge in [0.2, 0.25) is 0 Å². The zero-order chi connectivity index (χ0) is 13.8. The van der Waals surface area contributed by atoms with E-state index in [4.69, 9.17) is 32.7 Å². The Bertz CT molecular complexity index is 668. The summed E-state index contributed by atoms with van der Waals surface area (Å²) in [5, 5.41) is 18.9. The van der Waals surface area contributed by atoms with Crippen molar-refractivity contribution in [2.45, 2.75) is 6.61 Å².